The Morgan fingerprint density at radius 3 is 2.86 bits per heavy atom. The summed E-state index contributed by atoms with van der Waals surface area (Å²) < 4.78 is 2.03. The lowest BCUT2D eigenvalue weighted by Gasteiger charge is -2.18. The van der Waals surface area contributed by atoms with Crippen molar-refractivity contribution in [3.8, 4) is 5.69 Å². The molecule has 0 bridgehead atoms. The summed E-state index contributed by atoms with van der Waals surface area (Å²) in [5.74, 6) is 0.882. The monoisotopic (exact) mass is 297 g/mol. The largest absolute Gasteiger partial charge is 0.354 e. The third-order valence-electron chi connectivity index (χ3n) is 4.14. The summed E-state index contributed by atoms with van der Waals surface area (Å²) in [5.41, 5.74) is 2.36. The van der Waals surface area contributed by atoms with Crippen LogP contribution >= 0.6 is 0 Å². The van der Waals surface area contributed by atoms with Crippen molar-refractivity contribution in [1.29, 1.82) is 0 Å². The molecule has 1 aliphatic rings. The number of aromatic nitrogens is 2. The van der Waals surface area contributed by atoms with Crippen LogP contribution in [0.5, 0.6) is 0 Å². The van der Waals surface area contributed by atoms with Crippen LogP contribution in [-0.4, -0.2) is 28.6 Å². The molecule has 1 aromatic carbocycles. The minimum Gasteiger partial charge on any atom is -0.354 e. The van der Waals surface area contributed by atoms with Crippen LogP contribution in [0.1, 0.15) is 31.2 Å². The third kappa shape index (κ3) is 3.47. The van der Waals surface area contributed by atoms with E-state index in [0.29, 0.717) is 6.04 Å². The maximum Gasteiger partial charge on any atom is 0.191 e. The number of nitrogens with one attached hydrogen (secondary N) is 2. The predicted molar refractivity (Wildman–Crippen MR) is 89.2 cm³/mol. The van der Waals surface area contributed by atoms with Gasteiger partial charge in [-0.3, -0.25) is 4.99 Å². The zero-order valence-corrected chi connectivity index (χ0v) is 13.0. The van der Waals surface area contributed by atoms with Gasteiger partial charge in [0.2, 0.25) is 0 Å². The topological polar surface area (TPSA) is 54.2 Å². The number of benzene rings is 1. The van der Waals surface area contributed by atoms with E-state index in [1.165, 1.54) is 31.2 Å². The van der Waals surface area contributed by atoms with Crippen molar-refractivity contribution in [2.75, 3.05) is 7.05 Å². The second-order valence-corrected chi connectivity index (χ2v) is 5.65. The minimum absolute atomic E-state index is 0.565. The van der Waals surface area contributed by atoms with Crippen molar-refractivity contribution >= 4 is 5.96 Å². The van der Waals surface area contributed by atoms with E-state index in [9.17, 15) is 0 Å². The van der Waals surface area contributed by atoms with Gasteiger partial charge in [0, 0.05) is 32.0 Å². The Kier molecular flexibility index (Phi) is 4.73. The number of rotatable bonds is 4. The molecule has 3 rings (SSSR count). The molecular formula is C17H23N5. The van der Waals surface area contributed by atoms with Crippen LogP contribution in [0.15, 0.2) is 48.0 Å². The molecule has 1 fully saturated rings. The van der Waals surface area contributed by atoms with Gasteiger partial charge in [-0.1, -0.05) is 31.0 Å². The molecule has 1 aromatic heterocycles. The van der Waals surface area contributed by atoms with Crippen molar-refractivity contribution in [2.24, 2.45) is 4.99 Å². The summed E-state index contributed by atoms with van der Waals surface area (Å²) in [4.78, 5) is 8.46. The first kappa shape index (κ1) is 14.6. The molecule has 0 unspecified atom stereocenters. The zero-order chi connectivity index (χ0) is 15.2. The Morgan fingerprint density at radius 2 is 2.14 bits per heavy atom. The normalized spacial score (nSPS) is 16.0. The molecule has 1 heterocycles. The standard InChI is InChI=1S/C17H23N5/c1-18-17(21-15-7-3-4-8-15)20-12-14-6-2-5-9-16(14)22-11-10-19-13-22/h2,5-6,9-11,13,15H,3-4,7-8,12H2,1H3,(H2,18,20,21). The molecule has 0 amide bonds. The quantitative estimate of drug-likeness (QED) is 0.673. The molecule has 22 heavy (non-hydrogen) atoms. The van der Waals surface area contributed by atoms with Gasteiger partial charge in [-0.2, -0.15) is 0 Å². The Bertz CT molecular complexity index is 612. The fraction of sp³-hybridized carbons (Fsp3) is 0.412. The first-order valence-corrected chi connectivity index (χ1v) is 7.90. The average molecular weight is 297 g/mol. The number of hydrogen-bond acceptors (Lipinski definition) is 2. The summed E-state index contributed by atoms with van der Waals surface area (Å²) in [6.07, 6.45) is 10.7. The van der Waals surface area contributed by atoms with E-state index >= 15 is 0 Å². The van der Waals surface area contributed by atoms with Crippen LogP contribution in [0.4, 0.5) is 0 Å². The fourth-order valence-corrected chi connectivity index (χ4v) is 2.95. The van der Waals surface area contributed by atoms with Gasteiger partial charge in [0.05, 0.1) is 12.0 Å². The second-order valence-electron chi connectivity index (χ2n) is 5.65. The molecule has 1 saturated carbocycles. The predicted octanol–water partition coefficient (Wildman–Crippen LogP) is 2.48. The lowest BCUT2D eigenvalue weighted by Crippen LogP contribution is -2.42. The maximum absolute atomic E-state index is 4.33. The molecule has 5 nitrogen and oxygen atoms in total. The van der Waals surface area contributed by atoms with Crippen molar-refractivity contribution in [1.82, 2.24) is 20.2 Å². The lowest BCUT2D eigenvalue weighted by atomic mass is 10.1. The highest BCUT2D eigenvalue weighted by Gasteiger charge is 2.15. The van der Waals surface area contributed by atoms with E-state index in [2.05, 4.69) is 38.8 Å². The first-order valence-electron chi connectivity index (χ1n) is 7.90. The van der Waals surface area contributed by atoms with Gasteiger partial charge in [0.1, 0.15) is 0 Å². The van der Waals surface area contributed by atoms with Crippen molar-refractivity contribution in [3.63, 3.8) is 0 Å². The Balaban J connectivity index is 1.65. The molecule has 0 aliphatic heterocycles. The Labute approximate surface area is 131 Å². The van der Waals surface area contributed by atoms with E-state index in [1.807, 2.05) is 30.2 Å². The summed E-state index contributed by atoms with van der Waals surface area (Å²) >= 11 is 0. The van der Waals surface area contributed by atoms with Gasteiger partial charge in [-0.25, -0.2) is 4.98 Å². The highest BCUT2D eigenvalue weighted by atomic mass is 15.2. The average Bonchev–Trinajstić information content (AvgIpc) is 3.25. The van der Waals surface area contributed by atoms with Gasteiger partial charge >= 0.3 is 0 Å². The Hall–Kier alpha value is -2.30. The molecule has 2 aromatic rings. The van der Waals surface area contributed by atoms with Gasteiger partial charge in [-0.05, 0) is 24.5 Å². The Morgan fingerprint density at radius 1 is 1.32 bits per heavy atom. The number of hydrogen-bond donors (Lipinski definition) is 2. The van der Waals surface area contributed by atoms with E-state index in [-0.39, 0.29) is 0 Å². The van der Waals surface area contributed by atoms with Crippen LogP contribution in [0, 0.1) is 0 Å². The summed E-state index contributed by atoms with van der Waals surface area (Å²) in [6, 6.07) is 8.90. The number of imidazole rings is 1. The summed E-state index contributed by atoms with van der Waals surface area (Å²) in [5, 5.41) is 6.93. The number of nitrogens with zero attached hydrogens (tertiary/aromatic N) is 3. The van der Waals surface area contributed by atoms with Crippen LogP contribution in [0.3, 0.4) is 0 Å². The molecule has 0 atom stereocenters. The smallest absolute Gasteiger partial charge is 0.191 e. The van der Waals surface area contributed by atoms with E-state index in [0.717, 1.165) is 18.2 Å². The maximum atomic E-state index is 4.33. The van der Waals surface area contributed by atoms with Gasteiger partial charge in [0.15, 0.2) is 5.96 Å². The fourth-order valence-electron chi connectivity index (χ4n) is 2.95. The third-order valence-corrected chi connectivity index (χ3v) is 4.14. The number of aliphatic imine (C=N–C) groups is 1. The van der Waals surface area contributed by atoms with E-state index < -0.39 is 0 Å². The first-order chi connectivity index (χ1) is 10.9. The SMILES string of the molecule is CN=C(NCc1ccccc1-n1ccnc1)NC1CCCC1. The van der Waals surface area contributed by atoms with Crippen LogP contribution in [0.2, 0.25) is 0 Å². The van der Waals surface area contributed by atoms with E-state index in [1.54, 1.807) is 6.20 Å². The lowest BCUT2D eigenvalue weighted by molar-refractivity contribution is 0.613. The summed E-state index contributed by atoms with van der Waals surface area (Å²) in [6.45, 7) is 0.737. The molecule has 116 valence electrons. The van der Waals surface area contributed by atoms with Crippen molar-refractivity contribution < 1.29 is 0 Å². The van der Waals surface area contributed by atoms with Crippen LogP contribution < -0.4 is 10.6 Å². The molecule has 2 N–H and O–H groups in total. The highest BCUT2D eigenvalue weighted by Crippen LogP contribution is 2.17. The second kappa shape index (κ2) is 7.11. The molecule has 0 radical (unpaired) electrons. The van der Waals surface area contributed by atoms with E-state index in [4.69, 9.17) is 0 Å². The van der Waals surface area contributed by atoms with Crippen molar-refractivity contribution in [3.05, 3.63) is 48.5 Å². The zero-order valence-electron chi connectivity index (χ0n) is 13.0. The summed E-state index contributed by atoms with van der Waals surface area (Å²) in [7, 11) is 1.83. The van der Waals surface area contributed by atoms with Crippen LogP contribution in [-0.2, 0) is 6.54 Å². The molecule has 1 aliphatic carbocycles. The number of para-hydroxylation sites is 1. The molecule has 0 saturated heterocycles. The molecule has 0 spiro atoms. The molecule has 5 heteroatoms. The van der Waals surface area contributed by atoms with Crippen molar-refractivity contribution in [2.45, 2.75) is 38.3 Å². The highest BCUT2D eigenvalue weighted by molar-refractivity contribution is 5.80. The van der Waals surface area contributed by atoms with Gasteiger partial charge in [-0.15, -0.1) is 0 Å². The van der Waals surface area contributed by atoms with Gasteiger partial charge in [0.25, 0.3) is 0 Å². The van der Waals surface area contributed by atoms with Gasteiger partial charge < -0.3 is 15.2 Å². The molecular weight excluding hydrogens is 274 g/mol. The van der Waals surface area contributed by atoms with Crippen LogP contribution in [0.25, 0.3) is 5.69 Å². The minimum atomic E-state index is 0.565. The number of guanidine groups is 1.